The molecule has 2 aromatic carbocycles. The molecule has 0 aliphatic carbocycles. The molecule has 1 N–H and O–H groups in total. The molecule has 0 spiro atoms. The van der Waals surface area contributed by atoms with Gasteiger partial charge < -0.3 is 19.5 Å². The Bertz CT molecular complexity index is 1150. The number of carbonyl (C=O) groups is 3. The van der Waals surface area contributed by atoms with Crippen LogP contribution >= 0.6 is 0 Å². The largest absolute Gasteiger partial charge is 0.497 e. The van der Waals surface area contributed by atoms with E-state index in [-0.39, 0.29) is 30.4 Å². The van der Waals surface area contributed by atoms with Crippen LogP contribution in [0.1, 0.15) is 52.8 Å². The van der Waals surface area contributed by atoms with Gasteiger partial charge in [-0.25, -0.2) is 8.78 Å². The molecular weight excluding hydrogens is 498 g/mol. The Morgan fingerprint density at radius 2 is 1.61 bits per heavy atom. The average molecular weight is 531 g/mol. The number of benzene rings is 2. The zero-order valence-electron chi connectivity index (χ0n) is 21.3. The van der Waals surface area contributed by atoms with Gasteiger partial charge in [0.1, 0.15) is 25.0 Å². The van der Waals surface area contributed by atoms with Gasteiger partial charge in [-0.1, -0.05) is 6.42 Å². The molecule has 1 saturated heterocycles. The highest BCUT2D eigenvalue weighted by Gasteiger charge is 2.45. The van der Waals surface area contributed by atoms with Crippen LogP contribution in [0.25, 0.3) is 0 Å². The molecule has 2 aliphatic rings. The highest BCUT2D eigenvalue weighted by atomic mass is 19.3. The summed E-state index contributed by atoms with van der Waals surface area (Å²) >= 11 is 0. The number of ether oxygens (including phenoxy) is 3. The molecule has 2 heterocycles. The zero-order chi connectivity index (χ0) is 27.1. The summed E-state index contributed by atoms with van der Waals surface area (Å²) in [6, 6.07) is 10.7. The molecule has 10 heteroatoms. The summed E-state index contributed by atoms with van der Waals surface area (Å²) in [6.07, 6.45) is 2.35. The van der Waals surface area contributed by atoms with E-state index in [2.05, 4.69) is 5.32 Å². The fourth-order valence-corrected chi connectivity index (χ4v) is 4.52. The van der Waals surface area contributed by atoms with Crippen LogP contribution in [0, 0.1) is 0 Å². The number of alkyl halides is 2. The lowest BCUT2D eigenvalue weighted by Crippen LogP contribution is -2.60. The van der Waals surface area contributed by atoms with Gasteiger partial charge in [-0.15, -0.1) is 0 Å². The maximum atomic E-state index is 13.4. The van der Waals surface area contributed by atoms with Crippen molar-refractivity contribution >= 4 is 17.5 Å². The van der Waals surface area contributed by atoms with Gasteiger partial charge in [0.2, 0.25) is 5.91 Å². The number of fused-ring (bicyclic) bond motifs is 1. The Morgan fingerprint density at radius 3 is 2.29 bits per heavy atom. The minimum Gasteiger partial charge on any atom is -0.497 e. The first kappa shape index (κ1) is 27.5. The second-order valence-electron chi connectivity index (χ2n) is 9.58. The maximum absolute atomic E-state index is 13.4. The lowest BCUT2D eigenvalue weighted by Gasteiger charge is -2.40. The van der Waals surface area contributed by atoms with Crippen LogP contribution in [0.15, 0.2) is 42.5 Å². The quantitative estimate of drug-likeness (QED) is 0.310. The van der Waals surface area contributed by atoms with Crippen molar-refractivity contribution in [2.45, 2.75) is 44.1 Å². The Morgan fingerprint density at radius 1 is 0.947 bits per heavy atom. The lowest BCUT2D eigenvalue weighted by molar-refractivity contribution is -0.133. The summed E-state index contributed by atoms with van der Waals surface area (Å²) < 4.78 is 42.9. The van der Waals surface area contributed by atoms with Crippen molar-refractivity contribution in [3.05, 3.63) is 53.6 Å². The summed E-state index contributed by atoms with van der Waals surface area (Å²) in [4.78, 5) is 39.7. The van der Waals surface area contributed by atoms with Crippen molar-refractivity contribution in [2.24, 2.45) is 0 Å². The molecule has 0 aromatic heterocycles. The first-order valence-corrected chi connectivity index (χ1v) is 12.7. The molecule has 1 amide bonds. The van der Waals surface area contributed by atoms with Crippen molar-refractivity contribution in [1.82, 2.24) is 10.2 Å². The summed E-state index contributed by atoms with van der Waals surface area (Å²) in [6.45, 7) is -0.131. The van der Waals surface area contributed by atoms with Crippen LogP contribution in [-0.2, 0) is 4.79 Å². The molecule has 1 atom stereocenters. The maximum Gasteiger partial charge on any atom is 0.272 e. The first-order valence-electron chi connectivity index (χ1n) is 12.7. The number of amides is 1. The predicted octanol–water partition coefficient (Wildman–Crippen LogP) is 3.92. The van der Waals surface area contributed by atoms with Crippen LogP contribution in [0.3, 0.4) is 0 Å². The number of carbonyl (C=O) groups excluding carboxylic acids is 3. The number of rotatable bonds is 13. The highest BCUT2D eigenvalue weighted by Crippen LogP contribution is 2.32. The van der Waals surface area contributed by atoms with Crippen LogP contribution in [0.5, 0.6) is 17.2 Å². The number of Topliss-reactive ketones (excluding diaryl/α,β-unsaturated/α-hetero) is 2. The second kappa shape index (κ2) is 12.3. The van der Waals surface area contributed by atoms with Gasteiger partial charge in [0.05, 0.1) is 20.2 Å². The number of hydrogen-bond acceptors (Lipinski definition) is 7. The predicted molar refractivity (Wildman–Crippen MR) is 135 cm³/mol. The summed E-state index contributed by atoms with van der Waals surface area (Å²) in [5.74, 6) is -1.83. The fraction of sp³-hybridized carbons (Fsp3) is 0.464. The number of ketones is 2. The molecule has 8 nitrogen and oxygen atoms in total. The Hall–Kier alpha value is -3.53. The molecule has 0 unspecified atom stereocenters. The van der Waals surface area contributed by atoms with Gasteiger partial charge >= 0.3 is 0 Å². The Kier molecular flexibility index (Phi) is 8.93. The smallest absolute Gasteiger partial charge is 0.272 e. The van der Waals surface area contributed by atoms with Gasteiger partial charge in [-0.05, 0) is 55.3 Å². The van der Waals surface area contributed by atoms with Crippen LogP contribution in [0.4, 0.5) is 8.78 Å². The summed E-state index contributed by atoms with van der Waals surface area (Å²) in [5.41, 5.74) is 0.921. The van der Waals surface area contributed by atoms with E-state index >= 15 is 0 Å². The number of likely N-dealkylation sites (tertiary alicyclic amines) is 1. The number of unbranched alkanes of at least 4 members (excludes halogenated alkanes) is 2. The van der Waals surface area contributed by atoms with Crippen LogP contribution in [0.2, 0.25) is 0 Å². The van der Waals surface area contributed by atoms with Crippen molar-refractivity contribution < 1.29 is 37.4 Å². The second-order valence-corrected chi connectivity index (χ2v) is 9.58. The topological polar surface area (TPSA) is 94.2 Å². The summed E-state index contributed by atoms with van der Waals surface area (Å²) in [7, 11) is 1.56. The zero-order valence-corrected chi connectivity index (χ0v) is 21.3. The Balaban J connectivity index is 1.27. The molecule has 2 aliphatic heterocycles. The van der Waals surface area contributed by atoms with E-state index in [0.29, 0.717) is 67.3 Å². The van der Waals surface area contributed by atoms with Gasteiger partial charge in [0.25, 0.3) is 5.92 Å². The van der Waals surface area contributed by atoms with Gasteiger partial charge in [-0.3, -0.25) is 19.3 Å². The van der Waals surface area contributed by atoms with E-state index in [4.69, 9.17) is 14.2 Å². The molecule has 204 valence electrons. The number of hydrogen-bond donors (Lipinski definition) is 1. The normalized spacial score (nSPS) is 16.7. The van der Waals surface area contributed by atoms with Crippen molar-refractivity contribution in [3.63, 3.8) is 0 Å². The molecule has 0 radical (unpaired) electrons. The van der Waals surface area contributed by atoms with E-state index in [9.17, 15) is 23.2 Å². The Labute approximate surface area is 220 Å². The third-order valence-electron chi connectivity index (χ3n) is 6.55. The number of halogens is 2. The third-order valence-corrected chi connectivity index (χ3v) is 6.55. The van der Waals surface area contributed by atoms with Gasteiger partial charge in [0.15, 0.2) is 23.1 Å². The minimum absolute atomic E-state index is 0.00896. The number of methoxy groups -OCH3 is 1. The van der Waals surface area contributed by atoms with E-state index in [1.807, 2.05) is 0 Å². The average Bonchev–Trinajstić information content (AvgIpc) is 2.90. The van der Waals surface area contributed by atoms with Crippen LogP contribution < -0.4 is 19.5 Å². The van der Waals surface area contributed by atoms with E-state index in [1.165, 1.54) is 4.90 Å². The fourth-order valence-electron chi connectivity index (χ4n) is 4.52. The van der Waals surface area contributed by atoms with Crippen molar-refractivity contribution in [2.75, 3.05) is 40.0 Å². The lowest BCUT2D eigenvalue weighted by atomic mass is 10.00. The number of nitrogens with zero attached hydrogens (tertiary/aromatic N) is 1. The van der Waals surface area contributed by atoms with Gasteiger partial charge in [0, 0.05) is 30.5 Å². The van der Waals surface area contributed by atoms with Crippen molar-refractivity contribution in [1.29, 1.82) is 0 Å². The van der Waals surface area contributed by atoms with E-state index < -0.39 is 25.1 Å². The molecule has 1 fully saturated rings. The molecule has 38 heavy (non-hydrogen) atoms. The standard InChI is InChI=1S/C28H32F2N2O6/c1-36-21-10-7-19(8-11-21)23(33)5-3-2-4-6-26(34)31-22(16-32-17-28(29,30)18-32)27(35)20-9-12-24-25(15-20)38-14-13-37-24/h7-12,15,22H,2-6,13-14,16-18H2,1H3,(H,31,34)/t22-/m1/s1. The van der Waals surface area contributed by atoms with Crippen molar-refractivity contribution in [3.8, 4) is 17.2 Å². The third kappa shape index (κ3) is 7.28. The molecule has 2 aromatic rings. The monoisotopic (exact) mass is 530 g/mol. The molecule has 4 rings (SSSR count). The summed E-state index contributed by atoms with van der Waals surface area (Å²) in [5, 5.41) is 2.73. The van der Waals surface area contributed by atoms with E-state index in [1.54, 1.807) is 49.6 Å². The molecule has 0 saturated carbocycles. The number of nitrogens with one attached hydrogen (secondary N) is 1. The SMILES string of the molecule is COc1ccc(C(=O)CCCCCC(=O)N[C@H](CN2CC(F)(F)C2)C(=O)c2ccc3c(c2)OCCO3)cc1. The molecule has 0 bridgehead atoms. The minimum atomic E-state index is -2.78. The van der Waals surface area contributed by atoms with Crippen LogP contribution in [-0.4, -0.2) is 74.3 Å². The van der Waals surface area contributed by atoms with E-state index in [0.717, 1.165) is 0 Å². The molecular formula is C28H32F2N2O6. The van der Waals surface area contributed by atoms with Gasteiger partial charge in [-0.2, -0.15) is 0 Å². The first-order chi connectivity index (χ1) is 18.2. The highest BCUT2D eigenvalue weighted by molar-refractivity contribution is 6.02.